The van der Waals surface area contributed by atoms with Gasteiger partial charge in [0.2, 0.25) is 0 Å². The fourth-order valence-corrected chi connectivity index (χ4v) is 4.72. The lowest BCUT2D eigenvalue weighted by Gasteiger charge is -2.39. The smallest absolute Gasteiger partial charge is 0.336 e. The van der Waals surface area contributed by atoms with E-state index >= 15 is 0 Å². The first-order valence-corrected chi connectivity index (χ1v) is 11.0. The predicted octanol–water partition coefficient (Wildman–Crippen LogP) is 4.70. The molecule has 0 saturated heterocycles. The van der Waals surface area contributed by atoms with E-state index in [4.69, 9.17) is 4.74 Å². The van der Waals surface area contributed by atoms with Crippen molar-refractivity contribution in [2.75, 3.05) is 24.6 Å². The first kappa shape index (κ1) is 22.1. The Balaban J connectivity index is 2.11. The van der Waals surface area contributed by atoms with E-state index in [1.54, 1.807) is 6.92 Å². The van der Waals surface area contributed by atoms with Crippen LogP contribution in [-0.2, 0) is 14.3 Å². The molecule has 0 saturated carbocycles. The standard InChI is InChI=1S/C25H34N2O3/c1-7-27(8-2)18-12-10-17(11-13-18)22-21(24(29)30-9-3)16(4)26-19-14-25(5,6)15-20(28)23(19)22/h10-13,22,26H,7-9,14-15H2,1-6H3/t22-/m0/s1. The number of carbonyl (C=O) groups is 2. The average molecular weight is 411 g/mol. The number of hydrogen-bond donors (Lipinski definition) is 1. The fraction of sp³-hybridized carbons (Fsp3) is 0.520. The van der Waals surface area contributed by atoms with E-state index in [0.29, 0.717) is 18.6 Å². The monoisotopic (exact) mass is 410 g/mol. The van der Waals surface area contributed by atoms with Crippen LogP contribution in [0.3, 0.4) is 0 Å². The van der Waals surface area contributed by atoms with Gasteiger partial charge in [-0.1, -0.05) is 26.0 Å². The molecule has 0 bridgehead atoms. The minimum Gasteiger partial charge on any atom is -0.463 e. The number of nitrogens with zero attached hydrogens (tertiary/aromatic N) is 1. The molecular formula is C25H34N2O3. The van der Waals surface area contributed by atoms with Gasteiger partial charge in [-0.15, -0.1) is 0 Å². The molecule has 1 aliphatic carbocycles. The van der Waals surface area contributed by atoms with Gasteiger partial charge in [-0.25, -0.2) is 4.79 Å². The Morgan fingerprint density at radius 3 is 2.33 bits per heavy atom. The SMILES string of the molecule is CCOC(=O)C1=C(C)NC2=C(C(=O)CC(C)(C)C2)[C@H]1c1ccc(N(CC)CC)cc1. The molecule has 0 aromatic heterocycles. The first-order chi connectivity index (χ1) is 14.2. The zero-order valence-corrected chi connectivity index (χ0v) is 19.1. The summed E-state index contributed by atoms with van der Waals surface area (Å²) in [6.07, 6.45) is 1.27. The van der Waals surface area contributed by atoms with Crippen molar-refractivity contribution in [2.45, 2.75) is 60.3 Å². The van der Waals surface area contributed by atoms with Crippen LogP contribution in [0.15, 0.2) is 46.8 Å². The number of benzene rings is 1. The molecule has 1 aliphatic heterocycles. The molecule has 1 heterocycles. The van der Waals surface area contributed by atoms with Gasteiger partial charge in [0.05, 0.1) is 12.2 Å². The van der Waals surface area contributed by atoms with Crippen LogP contribution in [0.2, 0.25) is 0 Å². The Hall–Kier alpha value is -2.56. The minimum absolute atomic E-state index is 0.0954. The number of ketones is 1. The molecule has 30 heavy (non-hydrogen) atoms. The molecular weight excluding hydrogens is 376 g/mol. The van der Waals surface area contributed by atoms with E-state index in [1.807, 2.05) is 19.1 Å². The number of allylic oxidation sites excluding steroid dienone is 3. The van der Waals surface area contributed by atoms with Gasteiger partial charge in [0.25, 0.3) is 0 Å². The number of carbonyl (C=O) groups excluding carboxylic acids is 2. The summed E-state index contributed by atoms with van der Waals surface area (Å²) in [5.74, 6) is -0.639. The molecule has 1 atom stereocenters. The fourth-order valence-electron chi connectivity index (χ4n) is 4.72. The molecule has 0 fully saturated rings. The second-order valence-corrected chi connectivity index (χ2v) is 8.91. The molecule has 0 unspecified atom stereocenters. The number of anilines is 1. The number of dihydropyridines is 1. The molecule has 0 spiro atoms. The molecule has 162 valence electrons. The molecule has 1 N–H and O–H groups in total. The highest BCUT2D eigenvalue weighted by atomic mass is 16.5. The Morgan fingerprint density at radius 2 is 1.77 bits per heavy atom. The molecule has 1 aromatic carbocycles. The van der Waals surface area contributed by atoms with Gasteiger partial charge in [-0.2, -0.15) is 0 Å². The number of rotatable bonds is 6. The van der Waals surface area contributed by atoms with Crippen molar-refractivity contribution in [1.29, 1.82) is 0 Å². The lowest BCUT2D eigenvalue weighted by molar-refractivity contribution is -0.138. The minimum atomic E-state index is -0.394. The lowest BCUT2D eigenvalue weighted by Crippen LogP contribution is -2.38. The summed E-state index contributed by atoms with van der Waals surface area (Å²) < 4.78 is 5.38. The van der Waals surface area contributed by atoms with Crippen LogP contribution >= 0.6 is 0 Å². The molecule has 5 nitrogen and oxygen atoms in total. The predicted molar refractivity (Wildman–Crippen MR) is 120 cm³/mol. The second kappa shape index (κ2) is 8.66. The van der Waals surface area contributed by atoms with Crippen LogP contribution in [-0.4, -0.2) is 31.4 Å². The normalized spacial score (nSPS) is 20.6. The summed E-state index contributed by atoms with van der Waals surface area (Å²) in [6.45, 7) is 14.4. The number of esters is 1. The van der Waals surface area contributed by atoms with Crippen molar-refractivity contribution in [3.63, 3.8) is 0 Å². The molecule has 3 rings (SSSR count). The third-order valence-electron chi connectivity index (χ3n) is 6.09. The van der Waals surface area contributed by atoms with Crippen molar-refractivity contribution in [3.8, 4) is 0 Å². The number of hydrogen-bond acceptors (Lipinski definition) is 5. The van der Waals surface area contributed by atoms with Crippen LogP contribution in [0.25, 0.3) is 0 Å². The zero-order chi connectivity index (χ0) is 22.1. The largest absolute Gasteiger partial charge is 0.463 e. The van der Waals surface area contributed by atoms with Crippen LogP contribution in [0, 0.1) is 5.41 Å². The summed E-state index contributed by atoms with van der Waals surface area (Å²) in [6, 6.07) is 8.27. The molecule has 5 heteroatoms. The molecule has 0 amide bonds. The molecule has 2 aliphatic rings. The van der Waals surface area contributed by atoms with E-state index in [1.165, 1.54) is 0 Å². The van der Waals surface area contributed by atoms with E-state index in [-0.39, 0.29) is 17.2 Å². The van der Waals surface area contributed by atoms with Crippen LogP contribution in [0.5, 0.6) is 0 Å². The third kappa shape index (κ3) is 4.16. The number of nitrogens with one attached hydrogen (secondary N) is 1. The van der Waals surface area contributed by atoms with Crippen molar-refractivity contribution in [3.05, 3.63) is 52.4 Å². The number of Topliss-reactive ketones (excluding diaryl/α,β-unsaturated/α-hetero) is 1. The average Bonchev–Trinajstić information content (AvgIpc) is 2.67. The van der Waals surface area contributed by atoms with E-state index in [0.717, 1.165) is 47.7 Å². The topological polar surface area (TPSA) is 58.6 Å². The van der Waals surface area contributed by atoms with E-state index < -0.39 is 5.92 Å². The summed E-state index contributed by atoms with van der Waals surface area (Å²) in [5, 5.41) is 3.37. The maximum atomic E-state index is 13.2. The Bertz CT molecular complexity index is 889. The first-order valence-electron chi connectivity index (χ1n) is 11.0. The summed E-state index contributed by atoms with van der Waals surface area (Å²) in [5.41, 5.74) is 4.98. The van der Waals surface area contributed by atoms with Gasteiger partial charge in [-0.3, -0.25) is 4.79 Å². The summed E-state index contributed by atoms with van der Waals surface area (Å²) in [4.78, 5) is 28.4. The Labute approximate surface area is 180 Å². The Kier molecular flexibility index (Phi) is 6.39. The van der Waals surface area contributed by atoms with E-state index in [9.17, 15) is 9.59 Å². The van der Waals surface area contributed by atoms with Gasteiger partial charge < -0.3 is 15.0 Å². The van der Waals surface area contributed by atoms with Crippen LogP contribution in [0.4, 0.5) is 5.69 Å². The van der Waals surface area contributed by atoms with Gasteiger partial charge in [-0.05, 0) is 57.2 Å². The van der Waals surface area contributed by atoms with Crippen molar-refractivity contribution >= 4 is 17.4 Å². The molecule has 0 radical (unpaired) electrons. The maximum Gasteiger partial charge on any atom is 0.336 e. The van der Waals surface area contributed by atoms with Crippen LogP contribution < -0.4 is 10.2 Å². The lowest BCUT2D eigenvalue weighted by atomic mass is 9.68. The van der Waals surface area contributed by atoms with Gasteiger partial charge in [0.15, 0.2) is 5.78 Å². The zero-order valence-electron chi connectivity index (χ0n) is 19.1. The van der Waals surface area contributed by atoms with Crippen molar-refractivity contribution in [2.24, 2.45) is 5.41 Å². The highest BCUT2D eigenvalue weighted by molar-refractivity contribution is 6.04. The quantitative estimate of drug-likeness (QED) is 0.689. The molecule has 1 aromatic rings. The van der Waals surface area contributed by atoms with Crippen molar-refractivity contribution < 1.29 is 14.3 Å². The maximum absolute atomic E-state index is 13.2. The third-order valence-corrected chi connectivity index (χ3v) is 6.09. The van der Waals surface area contributed by atoms with Gasteiger partial charge >= 0.3 is 5.97 Å². The van der Waals surface area contributed by atoms with Crippen molar-refractivity contribution in [1.82, 2.24) is 5.32 Å². The van der Waals surface area contributed by atoms with Crippen LogP contribution in [0.1, 0.15) is 65.9 Å². The number of ether oxygens (including phenoxy) is 1. The van der Waals surface area contributed by atoms with Gasteiger partial charge in [0, 0.05) is 48.1 Å². The highest BCUT2D eigenvalue weighted by Crippen LogP contribution is 2.46. The van der Waals surface area contributed by atoms with Gasteiger partial charge in [0.1, 0.15) is 0 Å². The second-order valence-electron chi connectivity index (χ2n) is 8.91. The Morgan fingerprint density at radius 1 is 1.13 bits per heavy atom. The summed E-state index contributed by atoms with van der Waals surface area (Å²) >= 11 is 0. The highest BCUT2D eigenvalue weighted by Gasteiger charge is 2.43. The van der Waals surface area contributed by atoms with E-state index in [2.05, 4.69) is 50.0 Å². The summed E-state index contributed by atoms with van der Waals surface area (Å²) in [7, 11) is 0.